The smallest absolute Gasteiger partial charge is 0.122 e. The molecule has 1 fully saturated rings. The van der Waals surface area contributed by atoms with Crippen molar-refractivity contribution in [3.8, 4) is 5.75 Å². The van der Waals surface area contributed by atoms with Crippen LogP contribution in [0.25, 0.3) is 0 Å². The molecule has 0 saturated carbocycles. The van der Waals surface area contributed by atoms with E-state index in [1.807, 2.05) is 0 Å². The van der Waals surface area contributed by atoms with Crippen molar-refractivity contribution in [2.24, 2.45) is 11.7 Å². The zero-order valence-electron chi connectivity index (χ0n) is 11.5. The SMILES string of the molecule is COc1cc(CN2CCC(CN)CC2)ccc1C. The highest BCUT2D eigenvalue weighted by atomic mass is 16.5. The maximum absolute atomic E-state index is 5.72. The molecule has 2 rings (SSSR count). The molecule has 2 N–H and O–H groups in total. The van der Waals surface area contributed by atoms with Gasteiger partial charge in [0, 0.05) is 6.54 Å². The molecule has 0 unspecified atom stereocenters. The minimum absolute atomic E-state index is 0.730. The monoisotopic (exact) mass is 248 g/mol. The summed E-state index contributed by atoms with van der Waals surface area (Å²) in [5.74, 6) is 1.72. The van der Waals surface area contributed by atoms with E-state index in [1.165, 1.54) is 24.0 Å². The maximum atomic E-state index is 5.72. The molecule has 0 aliphatic carbocycles. The van der Waals surface area contributed by atoms with Crippen molar-refractivity contribution in [3.05, 3.63) is 29.3 Å². The molecule has 1 saturated heterocycles. The van der Waals surface area contributed by atoms with E-state index in [0.717, 1.165) is 37.8 Å². The zero-order chi connectivity index (χ0) is 13.0. The molecular formula is C15H24N2O. The molecule has 1 aromatic carbocycles. The van der Waals surface area contributed by atoms with Gasteiger partial charge in [0.25, 0.3) is 0 Å². The fourth-order valence-electron chi connectivity index (χ4n) is 2.60. The minimum atomic E-state index is 0.730. The number of hydrogen-bond acceptors (Lipinski definition) is 3. The molecule has 100 valence electrons. The standard InChI is InChI=1S/C15H24N2O/c1-12-3-4-14(9-15(12)18-2)11-17-7-5-13(10-16)6-8-17/h3-4,9,13H,5-8,10-11,16H2,1-2H3. The van der Waals surface area contributed by atoms with Crippen LogP contribution >= 0.6 is 0 Å². The summed E-state index contributed by atoms with van der Waals surface area (Å²) < 4.78 is 5.37. The van der Waals surface area contributed by atoms with Gasteiger partial charge in [-0.3, -0.25) is 4.90 Å². The first-order valence-electron chi connectivity index (χ1n) is 6.79. The van der Waals surface area contributed by atoms with Crippen molar-refractivity contribution >= 4 is 0 Å². The van der Waals surface area contributed by atoms with Gasteiger partial charge in [0.15, 0.2) is 0 Å². The van der Waals surface area contributed by atoms with Crippen molar-refractivity contribution in [2.75, 3.05) is 26.7 Å². The number of hydrogen-bond donors (Lipinski definition) is 1. The first-order valence-corrected chi connectivity index (χ1v) is 6.79. The van der Waals surface area contributed by atoms with Gasteiger partial charge >= 0.3 is 0 Å². The summed E-state index contributed by atoms with van der Waals surface area (Å²) >= 11 is 0. The third kappa shape index (κ3) is 3.24. The lowest BCUT2D eigenvalue weighted by Gasteiger charge is -2.31. The number of rotatable bonds is 4. The van der Waals surface area contributed by atoms with Crippen LogP contribution in [-0.2, 0) is 6.54 Å². The van der Waals surface area contributed by atoms with Crippen LogP contribution in [-0.4, -0.2) is 31.6 Å². The summed E-state index contributed by atoms with van der Waals surface area (Å²) in [6, 6.07) is 6.50. The van der Waals surface area contributed by atoms with E-state index in [-0.39, 0.29) is 0 Å². The Kier molecular flexibility index (Phi) is 4.61. The summed E-state index contributed by atoms with van der Waals surface area (Å²) in [6.07, 6.45) is 2.47. The molecule has 0 aromatic heterocycles. The van der Waals surface area contributed by atoms with Crippen molar-refractivity contribution < 1.29 is 4.74 Å². The topological polar surface area (TPSA) is 38.5 Å². The number of nitrogens with zero attached hydrogens (tertiary/aromatic N) is 1. The van der Waals surface area contributed by atoms with Crippen molar-refractivity contribution in [3.63, 3.8) is 0 Å². The average molecular weight is 248 g/mol. The fourth-order valence-corrected chi connectivity index (χ4v) is 2.60. The van der Waals surface area contributed by atoms with Crippen LogP contribution in [0.15, 0.2) is 18.2 Å². The van der Waals surface area contributed by atoms with Gasteiger partial charge in [0.2, 0.25) is 0 Å². The van der Waals surface area contributed by atoms with Gasteiger partial charge in [-0.05, 0) is 62.5 Å². The highest BCUT2D eigenvalue weighted by Gasteiger charge is 2.18. The minimum Gasteiger partial charge on any atom is -0.496 e. The van der Waals surface area contributed by atoms with Gasteiger partial charge < -0.3 is 10.5 Å². The van der Waals surface area contributed by atoms with Gasteiger partial charge in [-0.25, -0.2) is 0 Å². The molecule has 0 amide bonds. The Hall–Kier alpha value is -1.06. The van der Waals surface area contributed by atoms with Crippen molar-refractivity contribution in [1.29, 1.82) is 0 Å². The van der Waals surface area contributed by atoms with Gasteiger partial charge in [0.1, 0.15) is 5.75 Å². The number of nitrogens with two attached hydrogens (primary N) is 1. The zero-order valence-corrected chi connectivity index (χ0v) is 11.5. The number of aryl methyl sites for hydroxylation is 1. The van der Waals surface area contributed by atoms with Crippen LogP contribution < -0.4 is 10.5 Å². The van der Waals surface area contributed by atoms with Crippen LogP contribution in [0.5, 0.6) is 5.75 Å². The first-order chi connectivity index (χ1) is 8.72. The molecule has 1 aliphatic heterocycles. The Balaban J connectivity index is 1.94. The van der Waals surface area contributed by atoms with Crippen LogP contribution in [0, 0.1) is 12.8 Å². The lowest BCUT2D eigenvalue weighted by atomic mass is 9.97. The molecule has 3 heteroatoms. The molecule has 18 heavy (non-hydrogen) atoms. The van der Waals surface area contributed by atoms with E-state index < -0.39 is 0 Å². The van der Waals surface area contributed by atoms with E-state index in [9.17, 15) is 0 Å². The maximum Gasteiger partial charge on any atom is 0.122 e. The van der Waals surface area contributed by atoms with Crippen LogP contribution in [0.3, 0.4) is 0 Å². The summed E-state index contributed by atoms with van der Waals surface area (Å²) in [5.41, 5.74) is 8.25. The first kappa shape index (κ1) is 13.4. The third-order valence-electron chi connectivity index (χ3n) is 3.92. The quantitative estimate of drug-likeness (QED) is 0.887. The van der Waals surface area contributed by atoms with Gasteiger partial charge in [-0.1, -0.05) is 12.1 Å². The van der Waals surface area contributed by atoms with Gasteiger partial charge in [-0.15, -0.1) is 0 Å². The van der Waals surface area contributed by atoms with Gasteiger partial charge in [0.05, 0.1) is 7.11 Å². The average Bonchev–Trinajstić information content (AvgIpc) is 2.42. The summed E-state index contributed by atoms with van der Waals surface area (Å²) in [6.45, 7) is 6.27. The van der Waals surface area contributed by atoms with Gasteiger partial charge in [-0.2, -0.15) is 0 Å². The Morgan fingerprint density at radius 2 is 2.06 bits per heavy atom. The fraction of sp³-hybridized carbons (Fsp3) is 0.600. The van der Waals surface area contributed by atoms with Crippen molar-refractivity contribution in [1.82, 2.24) is 4.90 Å². The van der Waals surface area contributed by atoms with E-state index in [2.05, 4.69) is 30.0 Å². The summed E-state index contributed by atoms with van der Waals surface area (Å²) in [5, 5.41) is 0. The molecule has 0 spiro atoms. The Morgan fingerprint density at radius 1 is 1.33 bits per heavy atom. The van der Waals surface area contributed by atoms with E-state index in [0.29, 0.717) is 0 Å². The molecule has 0 atom stereocenters. The molecule has 0 radical (unpaired) electrons. The molecular weight excluding hydrogens is 224 g/mol. The van der Waals surface area contributed by atoms with Crippen LogP contribution in [0.4, 0.5) is 0 Å². The van der Waals surface area contributed by atoms with Crippen LogP contribution in [0.1, 0.15) is 24.0 Å². The van der Waals surface area contributed by atoms with E-state index in [1.54, 1.807) is 7.11 Å². The molecule has 1 heterocycles. The Bertz CT molecular complexity index is 384. The predicted octanol–water partition coefficient (Wildman–Crippen LogP) is 2.17. The number of methoxy groups -OCH3 is 1. The second-order valence-electron chi connectivity index (χ2n) is 5.26. The number of piperidine rings is 1. The van der Waals surface area contributed by atoms with Crippen molar-refractivity contribution in [2.45, 2.75) is 26.3 Å². The number of likely N-dealkylation sites (tertiary alicyclic amines) is 1. The molecule has 1 aromatic rings. The summed E-state index contributed by atoms with van der Waals surface area (Å²) in [7, 11) is 1.73. The number of ether oxygens (including phenoxy) is 1. The second kappa shape index (κ2) is 6.21. The van der Waals surface area contributed by atoms with E-state index >= 15 is 0 Å². The lowest BCUT2D eigenvalue weighted by Crippen LogP contribution is -2.35. The van der Waals surface area contributed by atoms with E-state index in [4.69, 9.17) is 10.5 Å². The molecule has 3 nitrogen and oxygen atoms in total. The number of benzene rings is 1. The predicted molar refractivity (Wildman–Crippen MR) is 74.8 cm³/mol. The highest BCUT2D eigenvalue weighted by molar-refractivity contribution is 5.36. The molecule has 1 aliphatic rings. The second-order valence-corrected chi connectivity index (χ2v) is 5.26. The Labute approximate surface area is 110 Å². The normalized spacial score (nSPS) is 17.9. The lowest BCUT2D eigenvalue weighted by molar-refractivity contribution is 0.180. The third-order valence-corrected chi connectivity index (χ3v) is 3.92. The highest BCUT2D eigenvalue weighted by Crippen LogP contribution is 2.22. The Morgan fingerprint density at radius 3 is 2.67 bits per heavy atom. The molecule has 0 bridgehead atoms. The summed E-state index contributed by atoms with van der Waals surface area (Å²) in [4.78, 5) is 2.51. The van der Waals surface area contributed by atoms with Crippen LogP contribution in [0.2, 0.25) is 0 Å². The largest absolute Gasteiger partial charge is 0.496 e.